The Morgan fingerprint density at radius 2 is 1.90 bits per heavy atom. The molecular formula is C12H10Cl3N3O2. The van der Waals surface area contributed by atoms with Gasteiger partial charge in [-0.2, -0.15) is 5.10 Å². The highest BCUT2D eigenvalue weighted by molar-refractivity contribution is 6.42. The monoisotopic (exact) mass is 333 g/mol. The average Bonchev–Trinajstić information content (AvgIpc) is 2.71. The molecule has 0 fully saturated rings. The molecule has 2 rings (SSSR count). The second kappa shape index (κ2) is 5.60. The molecular weight excluding hydrogens is 325 g/mol. The summed E-state index contributed by atoms with van der Waals surface area (Å²) >= 11 is 17.9. The number of hydrogen-bond acceptors (Lipinski definition) is 3. The molecule has 0 bridgehead atoms. The summed E-state index contributed by atoms with van der Waals surface area (Å²) in [6.45, 7) is 3.62. The van der Waals surface area contributed by atoms with Gasteiger partial charge in [0.05, 0.1) is 20.7 Å². The zero-order chi connectivity index (χ0) is 15.0. The van der Waals surface area contributed by atoms with Crippen molar-refractivity contribution in [3.05, 3.63) is 49.2 Å². The molecule has 106 valence electrons. The van der Waals surface area contributed by atoms with Crippen LogP contribution in [0.4, 0.5) is 5.69 Å². The summed E-state index contributed by atoms with van der Waals surface area (Å²) in [6.07, 6.45) is 0. The van der Waals surface area contributed by atoms with Crippen molar-refractivity contribution in [3.8, 4) is 5.69 Å². The molecule has 20 heavy (non-hydrogen) atoms. The second-order valence-electron chi connectivity index (χ2n) is 4.45. The highest BCUT2D eigenvalue weighted by atomic mass is 35.5. The van der Waals surface area contributed by atoms with Gasteiger partial charge < -0.3 is 0 Å². The van der Waals surface area contributed by atoms with Gasteiger partial charge in [0, 0.05) is 5.92 Å². The van der Waals surface area contributed by atoms with Gasteiger partial charge in [-0.3, -0.25) is 10.1 Å². The van der Waals surface area contributed by atoms with E-state index in [1.807, 2.05) is 13.8 Å². The van der Waals surface area contributed by atoms with Crippen molar-refractivity contribution in [3.63, 3.8) is 0 Å². The molecule has 2 aromatic rings. The maximum atomic E-state index is 11.1. The van der Waals surface area contributed by atoms with Crippen molar-refractivity contribution in [2.75, 3.05) is 0 Å². The van der Waals surface area contributed by atoms with E-state index in [0.717, 1.165) is 0 Å². The van der Waals surface area contributed by atoms with E-state index >= 15 is 0 Å². The van der Waals surface area contributed by atoms with E-state index in [4.69, 9.17) is 34.8 Å². The first kappa shape index (κ1) is 15.1. The van der Waals surface area contributed by atoms with E-state index in [2.05, 4.69) is 5.10 Å². The topological polar surface area (TPSA) is 61.0 Å². The molecule has 0 aliphatic heterocycles. The molecule has 1 heterocycles. The van der Waals surface area contributed by atoms with Gasteiger partial charge in [-0.05, 0) is 18.2 Å². The van der Waals surface area contributed by atoms with Crippen LogP contribution in [-0.2, 0) is 0 Å². The van der Waals surface area contributed by atoms with Crippen LogP contribution in [0.5, 0.6) is 0 Å². The quantitative estimate of drug-likeness (QED) is 0.594. The van der Waals surface area contributed by atoms with E-state index in [-0.39, 0.29) is 16.8 Å². The zero-order valence-corrected chi connectivity index (χ0v) is 12.9. The van der Waals surface area contributed by atoms with E-state index in [0.29, 0.717) is 21.4 Å². The number of halogens is 3. The number of nitrogens with zero attached hydrogens (tertiary/aromatic N) is 3. The molecule has 1 aromatic carbocycles. The fourth-order valence-electron chi connectivity index (χ4n) is 1.75. The minimum absolute atomic E-state index is 0.0583. The summed E-state index contributed by atoms with van der Waals surface area (Å²) in [5, 5.41) is 16.0. The first-order valence-corrected chi connectivity index (χ1v) is 6.84. The minimum Gasteiger partial charge on any atom is -0.258 e. The Hall–Kier alpha value is -1.30. The third kappa shape index (κ3) is 2.61. The van der Waals surface area contributed by atoms with Gasteiger partial charge in [0.15, 0.2) is 0 Å². The van der Waals surface area contributed by atoms with Crippen LogP contribution in [0.3, 0.4) is 0 Å². The summed E-state index contributed by atoms with van der Waals surface area (Å²) in [4.78, 5) is 10.6. The molecule has 0 aliphatic carbocycles. The van der Waals surface area contributed by atoms with E-state index in [1.54, 1.807) is 18.2 Å². The molecule has 0 atom stereocenters. The van der Waals surface area contributed by atoms with Gasteiger partial charge in [-0.1, -0.05) is 48.7 Å². The number of hydrogen-bond donors (Lipinski definition) is 0. The van der Waals surface area contributed by atoms with Crippen LogP contribution in [0.15, 0.2) is 18.2 Å². The highest BCUT2D eigenvalue weighted by Crippen LogP contribution is 2.35. The molecule has 5 nitrogen and oxygen atoms in total. The van der Waals surface area contributed by atoms with Crippen LogP contribution in [0.2, 0.25) is 15.2 Å². The van der Waals surface area contributed by atoms with Gasteiger partial charge in [0.2, 0.25) is 5.15 Å². The predicted octanol–water partition coefficient (Wildman–Crippen LogP) is 4.86. The average molecular weight is 335 g/mol. The largest absolute Gasteiger partial charge is 0.329 e. The zero-order valence-electron chi connectivity index (χ0n) is 10.6. The molecule has 0 saturated carbocycles. The minimum atomic E-state index is -0.529. The molecule has 1 aromatic heterocycles. The Balaban J connectivity index is 2.66. The Bertz CT molecular complexity index is 683. The van der Waals surface area contributed by atoms with E-state index in [9.17, 15) is 10.1 Å². The van der Waals surface area contributed by atoms with Crippen molar-refractivity contribution in [2.45, 2.75) is 19.8 Å². The Kier molecular flexibility index (Phi) is 4.22. The van der Waals surface area contributed by atoms with Gasteiger partial charge in [0.1, 0.15) is 5.69 Å². The van der Waals surface area contributed by atoms with Crippen LogP contribution >= 0.6 is 34.8 Å². The van der Waals surface area contributed by atoms with Crippen LogP contribution < -0.4 is 0 Å². The van der Waals surface area contributed by atoms with Crippen molar-refractivity contribution in [2.24, 2.45) is 0 Å². The third-order valence-electron chi connectivity index (χ3n) is 2.71. The number of nitro groups is 1. The SMILES string of the molecule is CC(C)c1nn(-c2ccc(Cl)c(Cl)c2)c(Cl)c1[N+](=O)[O-]. The first-order chi connectivity index (χ1) is 9.32. The fraction of sp³-hybridized carbons (Fsp3) is 0.250. The molecule has 0 unspecified atom stereocenters. The lowest BCUT2D eigenvalue weighted by molar-refractivity contribution is -0.385. The molecule has 0 aliphatic rings. The Labute approximate surface area is 130 Å². The molecule has 0 spiro atoms. The van der Waals surface area contributed by atoms with Gasteiger partial charge in [-0.15, -0.1) is 0 Å². The lowest BCUT2D eigenvalue weighted by atomic mass is 10.1. The van der Waals surface area contributed by atoms with Crippen LogP contribution in [0, 0.1) is 10.1 Å². The third-order valence-corrected chi connectivity index (χ3v) is 3.79. The first-order valence-electron chi connectivity index (χ1n) is 5.71. The van der Waals surface area contributed by atoms with E-state index < -0.39 is 4.92 Å². The summed E-state index contributed by atoms with van der Waals surface area (Å²) in [6, 6.07) is 4.77. The summed E-state index contributed by atoms with van der Waals surface area (Å²) in [7, 11) is 0. The Morgan fingerprint density at radius 1 is 1.25 bits per heavy atom. The fourth-order valence-corrected chi connectivity index (χ4v) is 2.34. The van der Waals surface area contributed by atoms with Crippen molar-refractivity contribution in [1.29, 1.82) is 0 Å². The molecule has 0 N–H and O–H groups in total. The lowest BCUT2D eigenvalue weighted by Crippen LogP contribution is -1.98. The number of benzene rings is 1. The predicted molar refractivity (Wildman–Crippen MR) is 79.3 cm³/mol. The van der Waals surface area contributed by atoms with Crippen molar-refractivity contribution in [1.82, 2.24) is 9.78 Å². The van der Waals surface area contributed by atoms with Crippen LogP contribution in [0.25, 0.3) is 5.69 Å². The van der Waals surface area contributed by atoms with Gasteiger partial charge in [0.25, 0.3) is 0 Å². The highest BCUT2D eigenvalue weighted by Gasteiger charge is 2.29. The summed E-state index contributed by atoms with van der Waals surface area (Å²) < 4.78 is 1.29. The standard InChI is InChI=1S/C12H10Cl3N3O2/c1-6(2)10-11(18(19)20)12(15)17(16-10)7-3-4-8(13)9(14)5-7/h3-6H,1-2H3. The lowest BCUT2D eigenvalue weighted by Gasteiger charge is -2.04. The number of rotatable bonds is 3. The van der Waals surface area contributed by atoms with Gasteiger partial charge >= 0.3 is 5.69 Å². The maximum Gasteiger partial charge on any atom is 0.329 e. The molecule has 8 heteroatoms. The number of aromatic nitrogens is 2. The maximum absolute atomic E-state index is 11.1. The van der Waals surface area contributed by atoms with E-state index in [1.165, 1.54) is 4.68 Å². The summed E-state index contributed by atoms with van der Waals surface area (Å²) in [5.41, 5.74) is 0.651. The molecule has 0 amide bonds. The normalized spacial score (nSPS) is 11.1. The molecule has 0 saturated heterocycles. The van der Waals surface area contributed by atoms with Crippen molar-refractivity contribution >= 4 is 40.5 Å². The second-order valence-corrected chi connectivity index (χ2v) is 5.62. The molecule has 0 radical (unpaired) electrons. The Morgan fingerprint density at radius 3 is 2.35 bits per heavy atom. The van der Waals surface area contributed by atoms with Crippen LogP contribution in [-0.4, -0.2) is 14.7 Å². The van der Waals surface area contributed by atoms with Gasteiger partial charge in [-0.25, -0.2) is 4.68 Å². The van der Waals surface area contributed by atoms with Crippen LogP contribution in [0.1, 0.15) is 25.5 Å². The van der Waals surface area contributed by atoms with Crippen molar-refractivity contribution < 1.29 is 4.92 Å². The smallest absolute Gasteiger partial charge is 0.258 e. The summed E-state index contributed by atoms with van der Waals surface area (Å²) in [5.74, 6) is -0.128.